The first-order valence-electron chi connectivity index (χ1n) is 9.94. The molecular formula is C22H28N2O7. The van der Waals surface area contributed by atoms with Crippen LogP contribution in [0.5, 0.6) is 28.7 Å². The average Bonchev–Trinajstić information content (AvgIpc) is 2.78. The number of methoxy groups -OCH3 is 1. The molecule has 0 aromatic heterocycles. The van der Waals surface area contributed by atoms with Crippen LogP contribution in [0.15, 0.2) is 36.4 Å². The van der Waals surface area contributed by atoms with Crippen LogP contribution >= 0.6 is 0 Å². The second-order valence-corrected chi connectivity index (χ2v) is 6.07. The van der Waals surface area contributed by atoms with Crippen LogP contribution in [0.25, 0.3) is 0 Å². The van der Waals surface area contributed by atoms with Gasteiger partial charge in [0.05, 0.1) is 26.9 Å². The van der Waals surface area contributed by atoms with E-state index in [0.29, 0.717) is 48.6 Å². The van der Waals surface area contributed by atoms with E-state index < -0.39 is 11.8 Å². The van der Waals surface area contributed by atoms with Gasteiger partial charge >= 0.3 is 0 Å². The number of nitrogens with one attached hydrogen (secondary N) is 2. The molecule has 0 unspecified atom stereocenters. The zero-order chi connectivity index (χ0) is 22.6. The summed E-state index contributed by atoms with van der Waals surface area (Å²) in [7, 11) is 1.56. The van der Waals surface area contributed by atoms with Crippen molar-refractivity contribution in [1.29, 1.82) is 0 Å². The van der Waals surface area contributed by atoms with Crippen molar-refractivity contribution in [3.05, 3.63) is 42.0 Å². The lowest BCUT2D eigenvalue weighted by molar-refractivity contribution is -0.123. The van der Waals surface area contributed by atoms with Crippen LogP contribution in [-0.2, 0) is 4.79 Å². The molecular weight excluding hydrogens is 404 g/mol. The largest absolute Gasteiger partial charge is 0.497 e. The first-order chi connectivity index (χ1) is 15.0. The summed E-state index contributed by atoms with van der Waals surface area (Å²) in [5.74, 6) is 1.31. The molecule has 0 saturated carbocycles. The van der Waals surface area contributed by atoms with Gasteiger partial charge in [-0.1, -0.05) is 0 Å². The Hall–Kier alpha value is -3.62. The molecule has 0 heterocycles. The molecule has 0 aliphatic rings. The van der Waals surface area contributed by atoms with E-state index in [-0.39, 0.29) is 12.2 Å². The van der Waals surface area contributed by atoms with Crippen molar-refractivity contribution >= 4 is 11.8 Å². The molecule has 9 heteroatoms. The van der Waals surface area contributed by atoms with Crippen molar-refractivity contribution < 1.29 is 33.3 Å². The summed E-state index contributed by atoms with van der Waals surface area (Å²) in [6.45, 7) is 6.40. The van der Waals surface area contributed by atoms with Gasteiger partial charge in [0, 0.05) is 5.56 Å². The van der Waals surface area contributed by atoms with Crippen LogP contribution in [0, 0.1) is 0 Å². The van der Waals surface area contributed by atoms with E-state index in [2.05, 4.69) is 10.9 Å². The number of benzene rings is 2. The van der Waals surface area contributed by atoms with Crippen LogP contribution in [0.4, 0.5) is 0 Å². The van der Waals surface area contributed by atoms with Gasteiger partial charge < -0.3 is 23.7 Å². The fraction of sp³-hybridized carbons (Fsp3) is 0.364. The summed E-state index contributed by atoms with van der Waals surface area (Å²) < 4.78 is 27.2. The van der Waals surface area contributed by atoms with E-state index in [4.69, 9.17) is 23.7 Å². The van der Waals surface area contributed by atoms with Crippen molar-refractivity contribution in [1.82, 2.24) is 10.9 Å². The van der Waals surface area contributed by atoms with Crippen LogP contribution in [0.3, 0.4) is 0 Å². The molecule has 2 amide bonds. The first-order valence-corrected chi connectivity index (χ1v) is 9.94. The number of carbonyl (C=O) groups excluding carboxylic acids is 2. The van der Waals surface area contributed by atoms with E-state index in [0.717, 1.165) is 0 Å². The smallest absolute Gasteiger partial charge is 0.276 e. The Morgan fingerprint density at radius 2 is 1.32 bits per heavy atom. The molecule has 2 rings (SSSR count). The van der Waals surface area contributed by atoms with Gasteiger partial charge in [-0.25, -0.2) is 0 Å². The Kier molecular flexibility index (Phi) is 9.28. The zero-order valence-corrected chi connectivity index (χ0v) is 18.2. The first kappa shape index (κ1) is 23.7. The fourth-order valence-corrected chi connectivity index (χ4v) is 2.58. The molecule has 2 aromatic carbocycles. The van der Waals surface area contributed by atoms with Gasteiger partial charge in [-0.05, 0) is 57.2 Å². The van der Waals surface area contributed by atoms with Gasteiger partial charge in [-0.15, -0.1) is 0 Å². The van der Waals surface area contributed by atoms with E-state index >= 15 is 0 Å². The van der Waals surface area contributed by atoms with Gasteiger partial charge in [0.25, 0.3) is 11.8 Å². The number of ether oxygens (including phenoxy) is 5. The Morgan fingerprint density at radius 3 is 1.84 bits per heavy atom. The number of amides is 2. The molecule has 2 N–H and O–H groups in total. The molecule has 0 aliphatic carbocycles. The Morgan fingerprint density at radius 1 is 0.774 bits per heavy atom. The lowest BCUT2D eigenvalue weighted by atomic mass is 10.1. The third-order valence-electron chi connectivity index (χ3n) is 3.92. The minimum Gasteiger partial charge on any atom is -0.497 e. The molecule has 0 aliphatic heterocycles. The summed E-state index contributed by atoms with van der Waals surface area (Å²) in [5, 5.41) is 0. The summed E-state index contributed by atoms with van der Waals surface area (Å²) in [6.07, 6.45) is 0. The van der Waals surface area contributed by atoms with Crippen LogP contribution in [-0.4, -0.2) is 45.4 Å². The third kappa shape index (κ3) is 6.98. The molecule has 0 spiro atoms. The maximum absolute atomic E-state index is 12.5. The lowest BCUT2D eigenvalue weighted by Gasteiger charge is -2.17. The van der Waals surface area contributed by atoms with Crippen LogP contribution < -0.4 is 34.5 Å². The third-order valence-corrected chi connectivity index (χ3v) is 3.92. The molecule has 0 fully saturated rings. The Balaban J connectivity index is 2.00. The minimum absolute atomic E-state index is 0.242. The summed E-state index contributed by atoms with van der Waals surface area (Å²) in [4.78, 5) is 24.6. The standard InChI is InChI=1S/C22H28N2O7/c1-5-28-18-12-15(13-19(29-6-2)21(18)30-7-3)22(26)24-23-20(25)14-31-17-10-8-16(27-4)9-11-17/h8-13H,5-7,14H2,1-4H3,(H,23,25)(H,24,26). The molecule has 168 valence electrons. The van der Waals surface area contributed by atoms with Crippen molar-refractivity contribution in [2.75, 3.05) is 33.5 Å². The molecule has 0 bridgehead atoms. The molecule has 0 radical (unpaired) electrons. The Bertz CT molecular complexity index is 842. The van der Waals surface area contributed by atoms with Crippen molar-refractivity contribution in [3.63, 3.8) is 0 Å². The lowest BCUT2D eigenvalue weighted by Crippen LogP contribution is -2.43. The van der Waals surface area contributed by atoms with Crippen molar-refractivity contribution in [2.45, 2.75) is 20.8 Å². The van der Waals surface area contributed by atoms with E-state index in [9.17, 15) is 9.59 Å². The van der Waals surface area contributed by atoms with Gasteiger partial charge in [0.15, 0.2) is 18.1 Å². The highest BCUT2D eigenvalue weighted by Crippen LogP contribution is 2.39. The highest BCUT2D eigenvalue weighted by Gasteiger charge is 2.18. The number of carbonyl (C=O) groups is 2. The Labute approximate surface area is 181 Å². The van der Waals surface area contributed by atoms with E-state index in [1.165, 1.54) is 12.1 Å². The number of hydrogen-bond acceptors (Lipinski definition) is 7. The molecule has 0 saturated heterocycles. The number of rotatable bonds is 11. The van der Waals surface area contributed by atoms with Crippen LogP contribution in [0.2, 0.25) is 0 Å². The maximum atomic E-state index is 12.5. The second kappa shape index (κ2) is 12.2. The van der Waals surface area contributed by atoms with Crippen molar-refractivity contribution in [3.8, 4) is 28.7 Å². The molecule has 31 heavy (non-hydrogen) atoms. The van der Waals surface area contributed by atoms with Gasteiger partial charge in [0.2, 0.25) is 5.75 Å². The van der Waals surface area contributed by atoms with Crippen LogP contribution in [0.1, 0.15) is 31.1 Å². The maximum Gasteiger partial charge on any atom is 0.276 e. The van der Waals surface area contributed by atoms with E-state index in [1.807, 2.05) is 20.8 Å². The molecule has 2 aromatic rings. The summed E-state index contributed by atoms with van der Waals surface area (Å²) in [5.41, 5.74) is 4.91. The quantitative estimate of drug-likeness (QED) is 0.526. The van der Waals surface area contributed by atoms with E-state index in [1.54, 1.807) is 31.4 Å². The van der Waals surface area contributed by atoms with Gasteiger partial charge in [-0.3, -0.25) is 20.4 Å². The fourth-order valence-electron chi connectivity index (χ4n) is 2.58. The zero-order valence-electron chi connectivity index (χ0n) is 18.2. The normalized spacial score (nSPS) is 10.1. The second-order valence-electron chi connectivity index (χ2n) is 6.07. The predicted octanol–water partition coefficient (Wildman–Crippen LogP) is 2.73. The molecule has 0 atom stereocenters. The minimum atomic E-state index is -0.539. The number of hydrazine groups is 1. The highest BCUT2D eigenvalue weighted by atomic mass is 16.5. The SMILES string of the molecule is CCOc1cc(C(=O)NNC(=O)COc2ccc(OC)cc2)cc(OCC)c1OCC. The van der Waals surface area contributed by atoms with Crippen molar-refractivity contribution in [2.24, 2.45) is 0 Å². The monoisotopic (exact) mass is 432 g/mol. The summed E-state index contributed by atoms with van der Waals surface area (Å²) in [6, 6.07) is 9.85. The predicted molar refractivity (Wildman–Crippen MR) is 114 cm³/mol. The summed E-state index contributed by atoms with van der Waals surface area (Å²) >= 11 is 0. The number of hydrogen-bond donors (Lipinski definition) is 2. The molecule has 9 nitrogen and oxygen atoms in total. The van der Waals surface area contributed by atoms with Gasteiger partial charge in [0.1, 0.15) is 11.5 Å². The van der Waals surface area contributed by atoms with Gasteiger partial charge in [-0.2, -0.15) is 0 Å². The average molecular weight is 432 g/mol. The topological polar surface area (TPSA) is 104 Å². The highest BCUT2D eigenvalue weighted by molar-refractivity contribution is 5.96.